The summed E-state index contributed by atoms with van der Waals surface area (Å²) in [5, 5.41) is 29.5. The molecule has 0 rings (SSSR count). The first-order valence-corrected chi connectivity index (χ1v) is 1.10. The van der Waals surface area contributed by atoms with Gasteiger partial charge in [-0.25, -0.2) is 0 Å². The summed E-state index contributed by atoms with van der Waals surface area (Å²) in [5.74, 6) is 0. The van der Waals surface area contributed by atoms with Gasteiger partial charge < -0.3 is 30.6 Å². The van der Waals surface area contributed by atoms with Crippen LogP contribution in [0.3, 0.4) is 0 Å². The minimum absolute atomic E-state index is 0. The van der Waals surface area contributed by atoms with Gasteiger partial charge in [0.05, 0.1) is 10.2 Å². The van der Waals surface area contributed by atoms with Crippen LogP contribution in [-0.2, 0) is 0 Å². The van der Waals surface area contributed by atoms with Gasteiger partial charge in [-0.05, 0) is 0 Å². The Bertz CT molecular complexity index is 69.1. The van der Waals surface area contributed by atoms with E-state index in [2.05, 4.69) is 0 Å². The van der Waals surface area contributed by atoms with Crippen LogP contribution in [0.2, 0.25) is 0 Å². The van der Waals surface area contributed by atoms with E-state index in [9.17, 15) is 0 Å². The summed E-state index contributed by atoms with van der Waals surface area (Å²) in [6.07, 6.45) is 0. The van der Waals surface area contributed by atoms with Crippen LogP contribution in [0.5, 0.6) is 0 Å². The van der Waals surface area contributed by atoms with Crippen molar-refractivity contribution in [3.8, 4) is 0 Å². The fourth-order valence-electron chi connectivity index (χ4n) is 0. The Hall–Kier alpha value is -0.678. The molecule has 2 radical (unpaired) electrons. The molecule has 0 aliphatic rings. The van der Waals surface area contributed by atoms with Crippen LogP contribution in [0, 0.1) is 30.6 Å². The molecule has 0 unspecified atom stereocenters. The Morgan fingerprint density at radius 2 is 0.778 bits per heavy atom. The SMILES string of the molecule is O=[N+]([O-])[O-].O=[N+]([O-])[O-].[PbH2]. The summed E-state index contributed by atoms with van der Waals surface area (Å²) < 4.78 is 0. The Balaban J connectivity index is -0.0000000720. The summed E-state index contributed by atoms with van der Waals surface area (Å²) in [5.41, 5.74) is 0. The molecule has 0 N–H and O–H groups in total. The minimum atomic E-state index is -1.75. The van der Waals surface area contributed by atoms with Crippen molar-refractivity contribution in [2.45, 2.75) is 0 Å². The molecule has 9 heteroatoms. The van der Waals surface area contributed by atoms with Crippen LogP contribution in [0.1, 0.15) is 0 Å². The zero-order chi connectivity index (χ0) is 7.15. The molecule has 0 fully saturated rings. The van der Waals surface area contributed by atoms with Crippen LogP contribution in [0.4, 0.5) is 0 Å². The first-order valence-electron chi connectivity index (χ1n) is 1.10. The molecule has 8 nitrogen and oxygen atoms in total. The van der Waals surface area contributed by atoms with Gasteiger partial charge in [0.1, 0.15) is 0 Å². The summed E-state index contributed by atoms with van der Waals surface area (Å²) in [4.78, 5) is 16.5. The van der Waals surface area contributed by atoms with E-state index in [-0.39, 0.29) is 27.3 Å². The van der Waals surface area contributed by atoms with Gasteiger partial charge in [-0.2, -0.15) is 0 Å². The van der Waals surface area contributed by atoms with Crippen LogP contribution in [-0.4, -0.2) is 37.5 Å². The van der Waals surface area contributed by atoms with Gasteiger partial charge >= 0.3 is 27.3 Å². The number of nitrogens with zero attached hydrogens (tertiary/aromatic N) is 2. The van der Waals surface area contributed by atoms with Crippen molar-refractivity contribution >= 4 is 27.3 Å². The standard InChI is InChI=1S/2NO3.Pb.2H/c2*2-1(3)4;;;/q2*-1;;;. The molecular formula is H2N2O6Pb-2. The zero-order valence-electron chi connectivity index (χ0n) is 4.05. The predicted octanol–water partition coefficient (Wildman–Crippen LogP) is -1.39. The molecule has 9 heavy (non-hydrogen) atoms. The van der Waals surface area contributed by atoms with Crippen molar-refractivity contribution in [1.29, 1.82) is 0 Å². The van der Waals surface area contributed by atoms with Crippen molar-refractivity contribution in [3.05, 3.63) is 30.6 Å². The van der Waals surface area contributed by atoms with Crippen LogP contribution in [0.15, 0.2) is 0 Å². The van der Waals surface area contributed by atoms with E-state index in [1.54, 1.807) is 0 Å². The van der Waals surface area contributed by atoms with E-state index in [4.69, 9.17) is 30.6 Å². The molecular weight excluding hydrogens is 331 g/mol. The molecule has 0 aromatic carbocycles. The molecule has 0 heterocycles. The van der Waals surface area contributed by atoms with Gasteiger partial charge in [0, 0.05) is 0 Å². The molecule has 0 aliphatic heterocycles. The number of hydrogen-bond acceptors (Lipinski definition) is 6. The normalized spacial score (nSPS) is 5.33. The van der Waals surface area contributed by atoms with E-state index in [0.29, 0.717) is 0 Å². The Labute approximate surface area is 68.5 Å². The molecule has 0 amide bonds. The van der Waals surface area contributed by atoms with E-state index in [1.807, 2.05) is 0 Å². The predicted molar refractivity (Wildman–Crippen MR) is 29.3 cm³/mol. The van der Waals surface area contributed by atoms with Gasteiger partial charge in [-0.1, -0.05) is 0 Å². The summed E-state index contributed by atoms with van der Waals surface area (Å²) >= 11 is 0. The molecule has 54 valence electrons. The zero-order valence-corrected chi connectivity index (χ0v) is 9.55. The van der Waals surface area contributed by atoms with E-state index in [1.165, 1.54) is 0 Å². The third-order valence-electron chi connectivity index (χ3n) is 0. The van der Waals surface area contributed by atoms with E-state index < -0.39 is 10.2 Å². The molecule has 0 saturated carbocycles. The van der Waals surface area contributed by atoms with E-state index in [0.717, 1.165) is 0 Å². The average Bonchev–Trinajstić information content (AvgIpc) is 1.25. The Kier molecular flexibility index (Phi) is 18.1. The maximum absolute atomic E-state index is 8.25. The second-order valence-electron chi connectivity index (χ2n) is 0.447. The molecule has 0 aliphatic carbocycles. The summed E-state index contributed by atoms with van der Waals surface area (Å²) in [6, 6.07) is 0. The molecule has 0 spiro atoms. The van der Waals surface area contributed by atoms with Gasteiger partial charge in [-0.3, -0.25) is 0 Å². The Morgan fingerprint density at radius 1 is 0.778 bits per heavy atom. The van der Waals surface area contributed by atoms with Gasteiger partial charge in [-0.15, -0.1) is 0 Å². The molecule has 0 bridgehead atoms. The fraction of sp³-hybridized carbons (Fsp3) is 0. The quantitative estimate of drug-likeness (QED) is 0.304. The van der Waals surface area contributed by atoms with Gasteiger partial charge in [0.2, 0.25) is 0 Å². The second-order valence-corrected chi connectivity index (χ2v) is 0.447. The van der Waals surface area contributed by atoms with Crippen molar-refractivity contribution in [2.75, 3.05) is 0 Å². The monoisotopic (exact) mass is 334 g/mol. The van der Waals surface area contributed by atoms with Crippen LogP contribution in [0.25, 0.3) is 0 Å². The summed E-state index contributed by atoms with van der Waals surface area (Å²) in [7, 11) is 0. The maximum atomic E-state index is 8.25. The third-order valence-corrected chi connectivity index (χ3v) is 0. The van der Waals surface area contributed by atoms with Crippen molar-refractivity contribution in [2.24, 2.45) is 0 Å². The van der Waals surface area contributed by atoms with E-state index >= 15 is 0 Å². The van der Waals surface area contributed by atoms with Crippen molar-refractivity contribution in [3.63, 3.8) is 0 Å². The third kappa shape index (κ3) is 451. The van der Waals surface area contributed by atoms with Gasteiger partial charge in [0.25, 0.3) is 0 Å². The van der Waals surface area contributed by atoms with Gasteiger partial charge in [0.15, 0.2) is 0 Å². The van der Waals surface area contributed by atoms with Crippen LogP contribution < -0.4 is 0 Å². The number of rotatable bonds is 0. The molecule has 0 aromatic rings. The fourth-order valence-corrected chi connectivity index (χ4v) is 0. The topological polar surface area (TPSA) is 132 Å². The Morgan fingerprint density at radius 3 is 0.778 bits per heavy atom. The van der Waals surface area contributed by atoms with Crippen molar-refractivity contribution < 1.29 is 10.2 Å². The van der Waals surface area contributed by atoms with Crippen LogP contribution >= 0.6 is 0 Å². The number of hydrogen-bond donors (Lipinski definition) is 0. The molecule has 0 atom stereocenters. The summed E-state index contributed by atoms with van der Waals surface area (Å²) in [6.45, 7) is 0. The molecule has 0 aromatic heterocycles. The average molecular weight is 333 g/mol. The molecule has 0 saturated heterocycles. The first-order chi connectivity index (χ1) is 3.46. The van der Waals surface area contributed by atoms with Crippen molar-refractivity contribution in [1.82, 2.24) is 0 Å². The second kappa shape index (κ2) is 10.3. The first kappa shape index (κ1) is 15.8.